The van der Waals surface area contributed by atoms with Gasteiger partial charge in [0.2, 0.25) is 5.91 Å². The summed E-state index contributed by atoms with van der Waals surface area (Å²) in [6.45, 7) is 4.40. The van der Waals surface area contributed by atoms with E-state index in [1.165, 1.54) is 37.4 Å². The van der Waals surface area contributed by atoms with Gasteiger partial charge >= 0.3 is 0 Å². The molecule has 1 amide bonds. The molecule has 1 aliphatic carbocycles. The molecule has 0 saturated heterocycles. The van der Waals surface area contributed by atoms with Gasteiger partial charge in [-0.05, 0) is 25.0 Å². The summed E-state index contributed by atoms with van der Waals surface area (Å²) in [5.41, 5.74) is 0.870. The molecule has 1 aromatic carbocycles. The van der Waals surface area contributed by atoms with E-state index in [9.17, 15) is 4.79 Å². The molecular weight excluding hydrogens is 372 g/mol. The molecule has 1 saturated carbocycles. The van der Waals surface area contributed by atoms with Crippen LogP contribution in [0.1, 0.15) is 38.5 Å². The number of hydrogen-bond donors (Lipinski definition) is 1. The van der Waals surface area contributed by atoms with Crippen LogP contribution in [0.3, 0.4) is 0 Å². The van der Waals surface area contributed by atoms with Crippen LogP contribution >= 0.6 is 11.8 Å². The highest BCUT2D eigenvalue weighted by molar-refractivity contribution is 7.99. The first-order valence-corrected chi connectivity index (χ1v) is 10.8. The zero-order valence-corrected chi connectivity index (χ0v) is 17.2. The van der Waals surface area contributed by atoms with E-state index in [1.807, 2.05) is 28.8 Å². The molecule has 150 valence electrons. The molecule has 0 aliphatic heterocycles. The molecular formula is C21H28N4O2S. The molecule has 0 atom stereocenters. The standard InChI is InChI=1S/C21H28N4O2S/c1-3-14-25-20(17-12-8-9-13-18(17)27-2)23-24-21(25)28-15-19(26)22-16-10-6-4-5-7-11-16/h3,8-9,12-13,16H,1,4-7,10-11,14-15H2,2H3,(H,22,26). The topological polar surface area (TPSA) is 69.0 Å². The fourth-order valence-electron chi connectivity index (χ4n) is 3.54. The summed E-state index contributed by atoms with van der Waals surface area (Å²) in [6.07, 6.45) is 8.93. The van der Waals surface area contributed by atoms with Crippen molar-refractivity contribution in [2.24, 2.45) is 0 Å². The van der Waals surface area contributed by atoms with Crippen molar-refractivity contribution in [2.75, 3.05) is 12.9 Å². The third-order valence-corrected chi connectivity index (χ3v) is 5.90. The zero-order chi connectivity index (χ0) is 19.8. The minimum atomic E-state index is 0.0592. The van der Waals surface area contributed by atoms with Gasteiger partial charge in [0.15, 0.2) is 11.0 Å². The first-order valence-electron chi connectivity index (χ1n) is 9.82. The number of nitrogens with one attached hydrogen (secondary N) is 1. The normalized spacial score (nSPS) is 15.0. The van der Waals surface area contributed by atoms with E-state index < -0.39 is 0 Å². The minimum Gasteiger partial charge on any atom is -0.496 e. The smallest absolute Gasteiger partial charge is 0.230 e. The summed E-state index contributed by atoms with van der Waals surface area (Å²) in [4.78, 5) is 12.4. The second-order valence-corrected chi connectivity index (χ2v) is 7.89. The number of benzene rings is 1. The SMILES string of the molecule is C=CCn1c(SCC(=O)NC2CCCCCC2)nnc1-c1ccccc1OC. The van der Waals surface area contributed by atoms with Crippen LogP contribution in [0.2, 0.25) is 0 Å². The zero-order valence-electron chi connectivity index (χ0n) is 16.4. The summed E-state index contributed by atoms with van der Waals surface area (Å²) in [6, 6.07) is 8.03. The fourth-order valence-corrected chi connectivity index (χ4v) is 4.30. The van der Waals surface area contributed by atoms with E-state index in [4.69, 9.17) is 4.74 Å². The molecule has 1 aliphatic rings. The Morgan fingerprint density at radius 3 is 2.75 bits per heavy atom. The maximum absolute atomic E-state index is 12.4. The largest absolute Gasteiger partial charge is 0.496 e. The molecule has 1 fully saturated rings. The lowest BCUT2D eigenvalue weighted by Crippen LogP contribution is -2.35. The maximum atomic E-state index is 12.4. The number of thioether (sulfide) groups is 1. The van der Waals surface area contributed by atoms with Gasteiger partial charge in [-0.3, -0.25) is 9.36 Å². The van der Waals surface area contributed by atoms with E-state index in [-0.39, 0.29) is 5.91 Å². The van der Waals surface area contributed by atoms with Gasteiger partial charge in [-0.15, -0.1) is 16.8 Å². The number of carbonyl (C=O) groups is 1. The van der Waals surface area contributed by atoms with Crippen LogP contribution < -0.4 is 10.1 Å². The Morgan fingerprint density at radius 1 is 1.29 bits per heavy atom. The lowest BCUT2D eigenvalue weighted by atomic mass is 10.1. The Labute approximate surface area is 170 Å². The Hall–Kier alpha value is -2.28. The fraction of sp³-hybridized carbons (Fsp3) is 0.476. The first kappa shape index (κ1) is 20.5. The van der Waals surface area contributed by atoms with Gasteiger partial charge in [0.1, 0.15) is 5.75 Å². The van der Waals surface area contributed by atoms with Crippen molar-refractivity contribution in [3.05, 3.63) is 36.9 Å². The summed E-state index contributed by atoms with van der Waals surface area (Å²) >= 11 is 1.41. The van der Waals surface area contributed by atoms with Crippen molar-refractivity contribution in [1.82, 2.24) is 20.1 Å². The lowest BCUT2D eigenvalue weighted by molar-refractivity contribution is -0.119. The van der Waals surface area contributed by atoms with Gasteiger partial charge in [-0.2, -0.15) is 0 Å². The van der Waals surface area contributed by atoms with Gasteiger partial charge in [0, 0.05) is 12.6 Å². The van der Waals surface area contributed by atoms with Crippen LogP contribution in [0.5, 0.6) is 5.75 Å². The highest BCUT2D eigenvalue weighted by atomic mass is 32.2. The van der Waals surface area contributed by atoms with Crippen molar-refractivity contribution in [1.29, 1.82) is 0 Å². The molecule has 0 bridgehead atoms. The summed E-state index contributed by atoms with van der Waals surface area (Å²) in [7, 11) is 1.64. The number of para-hydroxylation sites is 1. The molecule has 1 aromatic heterocycles. The molecule has 2 aromatic rings. The van der Waals surface area contributed by atoms with Crippen LogP contribution in [0.15, 0.2) is 42.1 Å². The number of methoxy groups -OCH3 is 1. The number of carbonyl (C=O) groups excluding carboxylic acids is 1. The summed E-state index contributed by atoms with van der Waals surface area (Å²) < 4.78 is 7.42. The van der Waals surface area contributed by atoms with Crippen LogP contribution in [-0.2, 0) is 11.3 Å². The predicted octanol–water partition coefficient (Wildman–Crippen LogP) is 4.07. The minimum absolute atomic E-state index is 0.0592. The van der Waals surface area contributed by atoms with Gasteiger partial charge in [0.05, 0.1) is 18.4 Å². The van der Waals surface area contributed by atoms with Crippen molar-refractivity contribution in [3.8, 4) is 17.1 Å². The number of ether oxygens (including phenoxy) is 1. The van der Waals surface area contributed by atoms with Gasteiger partial charge in [-0.25, -0.2) is 0 Å². The van der Waals surface area contributed by atoms with Crippen molar-refractivity contribution in [2.45, 2.75) is 56.3 Å². The van der Waals surface area contributed by atoms with Crippen molar-refractivity contribution < 1.29 is 9.53 Å². The highest BCUT2D eigenvalue weighted by Crippen LogP contribution is 2.30. The molecule has 1 N–H and O–H groups in total. The summed E-state index contributed by atoms with van der Waals surface area (Å²) in [5, 5.41) is 12.6. The first-order chi connectivity index (χ1) is 13.7. The summed E-state index contributed by atoms with van der Waals surface area (Å²) in [5.74, 6) is 1.84. The second-order valence-electron chi connectivity index (χ2n) is 6.95. The molecule has 0 unspecified atom stereocenters. The molecule has 6 nitrogen and oxygen atoms in total. The van der Waals surface area contributed by atoms with Crippen LogP contribution in [0.25, 0.3) is 11.4 Å². The quantitative estimate of drug-likeness (QED) is 0.411. The van der Waals surface area contributed by atoms with E-state index >= 15 is 0 Å². The number of rotatable bonds is 8. The highest BCUT2D eigenvalue weighted by Gasteiger charge is 2.19. The molecule has 1 heterocycles. The Balaban J connectivity index is 1.69. The van der Waals surface area contributed by atoms with Crippen LogP contribution in [0, 0.1) is 0 Å². The van der Waals surface area contributed by atoms with E-state index in [0.29, 0.717) is 29.3 Å². The van der Waals surface area contributed by atoms with Gasteiger partial charge in [0.25, 0.3) is 0 Å². The third kappa shape index (κ3) is 5.16. The number of allylic oxidation sites excluding steroid dienone is 1. The Bertz CT molecular complexity index is 797. The Kier molecular flexibility index (Phi) is 7.54. The predicted molar refractivity (Wildman–Crippen MR) is 113 cm³/mol. The van der Waals surface area contributed by atoms with Crippen LogP contribution in [-0.4, -0.2) is 39.6 Å². The third-order valence-electron chi connectivity index (χ3n) is 4.93. The number of hydrogen-bond acceptors (Lipinski definition) is 5. The Morgan fingerprint density at radius 2 is 2.04 bits per heavy atom. The number of aromatic nitrogens is 3. The van der Waals surface area contributed by atoms with Gasteiger partial charge < -0.3 is 10.1 Å². The lowest BCUT2D eigenvalue weighted by Gasteiger charge is -2.16. The second kappa shape index (κ2) is 10.3. The molecule has 28 heavy (non-hydrogen) atoms. The maximum Gasteiger partial charge on any atom is 0.230 e. The van der Waals surface area contributed by atoms with E-state index in [1.54, 1.807) is 13.2 Å². The number of amides is 1. The molecule has 7 heteroatoms. The van der Waals surface area contributed by atoms with E-state index in [2.05, 4.69) is 22.1 Å². The van der Waals surface area contributed by atoms with Gasteiger partial charge in [-0.1, -0.05) is 55.7 Å². The monoisotopic (exact) mass is 400 g/mol. The molecule has 3 rings (SSSR count). The average Bonchev–Trinajstić information content (AvgIpc) is 2.92. The number of nitrogens with zero attached hydrogens (tertiary/aromatic N) is 3. The van der Waals surface area contributed by atoms with Crippen molar-refractivity contribution >= 4 is 17.7 Å². The average molecular weight is 401 g/mol. The van der Waals surface area contributed by atoms with E-state index in [0.717, 1.165) is 24.2 Å². The molecule has 0 radical (unpaired) electrons. The van der Waals surface area contributed by atoms with Crippen LogP contribution in [0.4, 0.5) is 0 Å². The molecule has 0 spiro atoms. The van der Waals surface area contributed by atoms with Crippen molar-refractivity contribution in [3.63, 3.8) is 0 Å².